The number of nitrogens with zero attached hydrogens (tertiary/aromatic N) is 3. The average molecular weight is 297 g/mol. The van der Waals surface area contributed by atoms with Gasteiger partial charge >= 0.3 is 5.97 Å². The summed E-state index contributed by atoms with van der Waals surface area (Å²) >= 11 is 2.45. The number of carbonyl (C=O) groups is 1. The number of nitro groups is 1. The molecule has 0 fully saturated rings. The number of nitro benzene ring substituents is 1. The van der Waals surface area contributed by atoms with Crippen molar-refractivity contribution < 1.29 is 14.8 Å². The first kappa shape index (κ1) is 13.4. The van der Waals surface area contributed by atoms with Crippen LogP contribution in [0.15, 0.2) is 27.4 Å². The number of carboxylic acid groups (broad SMARTS) is 1. The molecule has 0 aliphatic heterocycles. The lowest BCUT2D eigenvalue weighted by molar-refractivity contribution is -0.384. The standard InChI is InChI=1S/C10H7N3O4S2/c1-5-11-12-10(18-5)19-8-3-2-6(13(16)17)4-7(8)9(14)15/h2-4H,1H3,(H,14,15). The van der Waals surface area contributed by atoms with Crippen molar-refractivity contribution in [3.8, 4) is 0 Å². The Bertz CT molecular complexity index is 656. The molecule has 7 nitrogen and oxygen atoms in total. The second-order valence-corrected chi connectivity index (χ2v) is 5.90. The average Bonchev–Trinajstić information content (AvgIpc) is 2.74. The summed E-state index contributed by atoms with van der Waals surface area (Å²) < 4.78 is 0.592. The van der Waals surface area contributed by atoms with Gasteiger partial charge in [0.15, 0.2) is 4.34 Å². The minimum atomic E-state index is -1.22. The smallest absolute Gasteiger partial charge is 0.337 e. The van der Waals surface area contributed by atoms with Crippen molar-refractivity contribution in [2.75, 3.05) is 0 Å². The van der Waals surface area contributed by atoms with Crippen molar-refractivity contribution in [2.45, 2.75) is 16.2 Å². The van der Waals surface area contributed by atoms with E-state index in [-0.39, 0.29) is 11.3 Å². The zero-order chi connectivity index (χ0) is 14.0. The number of aromatic carboxylic acids is 1. The molecule has 0 spiro atoms. The van der Waals surface area contributed by atoms with E-state index in [0.29, 0.717) is 9.24 Å². The highest BCUT2D eigenvalue weighted by molar-refractivity contribution is 8.01. The maximum Gasteiger partial charge on any atom is 0.337 e. The minimum absolute atomic E-state index is 0.118. The SMILES string of the molecule is Cc1nnc(Sc2ccc([N+](=O)[O-])cc2C(=O)O)s1. The number of hydrogen-bond donors (Lipinski definition) is 1. The second kappa shape index (κ2) is 5.33. The summed E-state index contributed by atoms with van der Waals surface area (Å²) in [5, 5.41) is 28.2. The third-order valence-electron chi connectivity index (χ3n) is 2.11. The van der Waals surface area contributed by atoms with Crippen LogP contribution in [-0.4, -0.2) is 26.2 Å². The van der Waals surface area contributed by atoms with Gasteiger partial charge in [0.05, 0.1) is 10.5 Å². The van der Waals surface area contributed by atoms with Gasteiger partial charge in [-0.2, -0.15) is 0 Å². The van der Waals surface area contributed by atoms with E-state index < -0.39 is 10.9 Å². The van der Waals surface area contributed by atoms with Gasteiger partial charge in [0.1, 0.15) is 5.01 Å². The number of benzene rings is 1. The molecule has 1 N–H and O–H groups in total. The van der Waals surface area contributed by atoms with E-state index in [1.54, 1.807) is 6.92 Å². The first-order chi connectivity index (χ1) is 8.97. The van der Waals surface area contributed by atoms with Crippen LogP contribution >= 0.6 is 23.1 Å². The van der Waals surface area contributed by atoms with Gasteiger partial charge in [0.2, 0.25) is 0 Å². The Labute approximate surface area is 115 Å². The molecule has 1 aromatic carbocycles. The Hall–Kier alpha value is -2.00. The van der Waals surface area contributed by atoms with E-state index in [2.05, 4.69) is 10.2 Å². The molecule has 0 amide bonds. The van der Waals surface area contributed by atoms with E-state index in [9.17, 15) is 14.9 Å². The molecule has 0 aliphatic rings. The van der Waals surface area contributed by atoms with Gasteiger partial charge in [0.25, 0.3) is 5.69 Å². The maximum atomic E-state index is 11.1. The Kier molecular flexibility index (Phi) is 3.76. The predicted molar refractivity (Wildman–Crippen MR) is 68.8 cm³/mol. The third-order valence-corrected chi connectivity index (χ3v) is 4.07. The Balaban J connectivity index is 2.39. The van der Waals surface area contributed by atoms with Crippen LogP contribution in [0.3, 0.4) is 0 Å². The molecule has 0 saturated carbocycles. The van der Waals surface area contributed by atoms with Gasteiger partial charge in [-0.25, -0.2) is 4.79 Å². The molecule has 2 aromatic rings. The first-order valence-electron chi connectivity index (χ1n) is 4.97. The van der Waals surface area contributed by atoms with Crippen LogP contribution in [-0.2, 0) is 0 Å². The fraction of sp³-hybridized carbons (Fsp3) is 0.100. The van der Waals surface area contributed by atoms with Crippen LogP contribution in [0, 0.1) is 17.0 Å². The van der Waals surface area contributed by atoms with Gasteiger partial charge in [-0.15, -0.1) is 10.2 Å². The monoisotopic (exact) mass is 297 g/mol. The predicted octanol–water partition coefficient (Wildman–Crippen LogP) is 2.60. The zero-order valence-electron chi connectivity index (χ0n) is 9.56. The number of carboxylic acids is 1. The number of aryl methyl sites for hydroxylation is 1. The minimum Gasteiger partial charge on any atom is -0.478 e. The van der Waals surface area contributed by atoms with E-state index in [0.717, 1.165) is 22.8 Å². The summed E-state index contributed by atoms with van der Waals surface area (Å²) in [5.74, 6) is -1.22. The van der Waals surface area contributed by atoms with Crippen molar-refractivity contribution >= 4 is 34.8 Å². The maximum absolute atomic E-state index is 11.1. The van der Waals surface area contributed by atoms with Crippen molar-refractivity contribution in [3.05, 3.63) is 38.9 Å². The Morgan fingerprint density at radius 1 is 1.47 bits per heavy atom. The molecular weight excluding hydrogens is 290 g/mol. The van der Waals surface area contributed by atoms with Crippen LogP contribution in [0.2, 0.25) is 0 Å². The van der Waals surface area contributed by atoms with E-state index >= 15 is 0 Å². The molecular formula is C10H7N3O4S2. The zero-order valence-corrected chi connectivity index (χ0v) is 11.2. The van der Waals surface area contributed by atoms with Crippen LogP contribution in [0.5, 0.6) is 0 Å². The fourth-order valence-electron chi connectivity index (χ4n) is 1.30. The number of aromatic nitrogens is 2. The van der Waals surface area contributed by atoms with Gasteiger partial charge < -0.3 is 5.11 Å². The summed E-state index contributed by atoms with van der Waals surface area (Å²) in [7, 11) is 0. The van der Waals surface area contributed by atoms with E-state index in [1.165, 1.54) is 23.5 Å². The molecule has 0 atom stereocenters. The number of rotatable bonds is 4. The van der Waals surface area contributed by atoms with Crippen LogP contribution in [0.25, 0.3) is 0 Å². The molecule has 1 heterocycles. The highest BCUT2D eigenvalue weighted by Crippen LogP contribution is 2.34. The van der Waals surface area contributed by atoms with Crippen molar-refractivity contribution in [3.63, 3.8) is 0 Å². The van der Waals surface area contributed by atoms with Crippen molar-refractivity contribution in [1.82, 2.24) is 10.2 Å². The Morgan fingerprint density at radius 3 is 2.74 bits per heavy atom. The molecule has 19 heavy (non-hydrogen) atoms. The van der Waals surface area contributed by atoms with E-state index in [1.807, 2.05) is 0 Å². The van der Waals surface area contributed by atoms with Gasteiger partial charge in [0, 0.05) is 17.0 Å². The van der Waals surface area contributed by atoms with Gasteiger partial charge in [-0.05, 0) is 13.0 Å². The highest BCUT2D eigenvalue weighted by atomic mass is 32.2. The summed E-state index contributed by atoms with van der Waals surface area (Å²) in [6.45, 7) is 1.79. The van der Waals surface area contributed by atoms with Crippen LogP contribution < -0.4 is 0 Å². The molecule has 0 aliphatic carbocycles. The molecule has 9 heteroatoms. The molecule has 2 rings (SSSR count). The van der Waals surface area contributed by atoms with Crippen molar-refractivity contribution in [1.29, 1.82) is 0 Å². The Morgan fingerprint density at radius 2 is 2.21 bits per heavy atom. The summed E-state index contributed by atoms with van der Waals surface area (Å²) in [6, 6.07) is 3.71. The van der Waals surface area contributed by atoms with Gasteiger partial charge in [-0.1, -0.05) is 23.1 Å². The van der Waals surface area contributed by atoms with E-state index in [4.69, 9.17) is 5.11 Å². The van der Waals surface area contributed by atoms with Crippen molar-refractivity contribution in [2.24, 2.45) is 0 Å². The highest BCUT2D eigenvalue weighted by Gasteiger charge is 2.17. The number of non-ortho nitro benzene ring substituents is 1. The first-order valence-corrected chi connectivity index (χ1v) is 6.60. The molecule has 0 radical (unpaired) electrons. The molecule has 0 bridgehead atoms. The largest absolute Gasteiger partial charge is 0.478 e. The second-order valence-electron chi connectivity index (χ2n) is 3.43. The lowest BCUT2D eigenvalue weighted by atomic mass is 10.2. The number of hydrogen-bond acceptors (Lipinski definition) is 7. The topological polar surface area (TPSA) is 106 Å². The summed E-state index contributed by atoms with van der Waals surface area (Å²) in [6.07, 6.45) is 0. The fourth-order valence-corrected chi connectivity index (χ4v) is 3.18. The summed E-state index contributed by atoms with van der Waals surface area (Å²) in [5.41, 5.74) is -0.373. The van der Waals surface area contributed by atoms with Gasteiger partial charge in [-0.3, -0.25) is 10.1 Å². The molecule has 98 valence electrons. The lowest BCUT2D eigenvalue weighted by Gasteiger charge is -2.02. The van der Waals surface area contributed by atoms with Crippen LogP contribution in [0.1, 0.15) is 15.4 Å². The van der Waals surface area contributed by atoms with Crippen LogP contribution in [0.4, 0.5) is 5.69 Å². The lowest BCUT2D eigenvalue weighted by Crippen LogP contribution is -2.00. The quantitative estimate of drug-likeness (QED) is 0.682. The summed E-state index contributed by atoms with van der Waals surface area (Å²) in [4.78, 5) is 21.5. The third kappa shape index (κ3) is 3.06. The molecule has 1 aromatic heterocycles. The normalized spacial score (nSPS) is 10.4. The molecule has 0 saturated heterocycles. The molecule has 0 unspecified atom stereocenters.